The summed E-state index contributed by atoms with van der Waals surface area (Å²) in [5.74, 6) is 0.581. The second-order valence-corrected chi connectivity index (χ2v) is 4.29. The molecule has 0 amide bonds. The van der Waals surface area contributed by atoms with Crippen LogP contribution in [-0.4, -0.2) is 9.91 Å². The predicted molar refractivity (Wildman–Crippen MR) is 78.1 cm³/mol. The monoisotopic (exact) mass is 265 g/mol. The number of nitro groups is 1. The Morgan fingerprint density at radius 2 is 1.70 bits per heavy atom. The fourth-order valence-electron chi connectivity index (χ4n) is 2.01. The molecule has 1 N–H and O–H groups in total. The molecule has 0 saturated carbocycles. The van der Waals surface area contributed by atoms with E-state index in [4.69, 9.17) is 0 Å². The Morgan fingerprint density at radius 1 is 0.950 bits per heavy atom. The number of pyridine rings is 1. The van der Waals surface area contributed by atoms with E-state index in [-0.39, 0.29) is 5.69 Å². The lowest BCUT2D eigenvalue weighted by Crippen LogP contribution is -1.98. The van der Waals surface area contributed by atoms with Gasteiger partial charge in [-0.25, -0.2) is 4.98 Å². The highest BCUT2D eigenvalue weighted by molar-refractivity contribution is 5.81. The Kier molecular flexibility index (Phi) is 3.01. The molecular weight excluding hydrogens is 254 g/mol. The van der Waals surface area contributed by atoms with E-state index >= 15 is 0 Å². The predicted octanol–water partition coefficient (Wildman–Crippen LogP) is 3.89. The minimum Gasteiger partial charge on any atom is -0.335 e. The lowest BCUT2D eigenvalue weighted by molar-refractivity contribution is -0.383. The smallest absolute Gasteiger partial charge is 0.292 e. The molecule has 0 aliphatic heterocycles. The lowest BCUT2D eigenvalue weighted by atomic mass is 10.2. The van der Waals surface area contributed by atoms with Gasteiger partial charge in [-0.1, -0.05) is 30.3 Å². The van der Waals surface area contributed by atoms with Gasteiger partial charge in [0.05, 0.1) is 10.4 Å². The molecule has 98 valence electrons. The SMILES string of the molecule is O=[N+]([O-])c1ccccc1Nc1ccc2ccccc2n1. The van der Waals surface area contributed by atoms with Crippen LogP contribution in [0.25, 0.3) is 10.9 Å². The van der Waals surface area contributed by atoms with Gasteiger partial charge >= 0.3 is 0 Å². The number of hydrogen-bond donors (Lipinski definition) is 1. The van der Waals surface area contributed by atoms with Crippen molar-refractivity contribution < 1.29 is 4.92 Å². The molecule has 3 rings (SSSR count). The summed E-state index contributed by atoms with van der Waals surface area (Å²) in [5.41, 5.74) is 1.30. The number of para-hydroxylation sites is 3. The molecule has 0 saturated heterocycles. The van der Waals surface area contributed by atoms with Crippen LogP contribution in [0.4, 0.5) is 17.2 Å². The van der Waals surface area contributed by atoms with Crippen LogP contribution < -0.4 is 5.32 Å². The summed E-state index contributed by atoms with van der Waals surface area (Å²) < 4.78 is 0. The minimum absolute atomic E-state index is 0.0301. The Balaban J connectivity index is 1.99. The third-order valence-corrected chi connectivity index (χ3v) is 2.96. The van der Waals surface area contributed by atoms with Gasteiger partial charge in [-0.3, -0.25) is 10.1 Å². The van der Waals surface area contributed by atoms with Gasteiger partial charge in [-0.2, -0.15) is 0 Å². The van der Waals surface area contributed by atoms with Crippen LogP contribution in [-0.2, 0) is 0 Å². The fraction of sp³-hybridized carbons (Fsp3) is 0. The Hall–Kier alpha value is -2.95. The van der Waals surface area contributed by atoms with Gasteiger partial charge in [0.25, 0.3) is 5.69 Å². The summed E-state index contributed by atoms with van der Waals surface area (Å²) in [7, 11) is 0. The van der Waals surface area contributed by atoms with E-state index in [1.807, 2.05) is 30.3 Å². The number of nitrogens with one attached hydrogen (secondary N) is 1. The normalized spacial score (nSPS) is 10.4. The van der Waals surface area contributed by atoms with Gasteiger partial charge < -0.3 is 5.32 Å². The zero-order valence-electron chi connectivity index (χ0n) is 10.5. The van der Waals surface area contributed by atoms with Crippen molar-refractivity contribution in [2.45, 2.75) is 0 Å². The molecule has 1 aromatic heterocycles. The van der Waals surface area contributed by atoms with Crippen molar-refractivity contribution in [3.8, 4) is 0 Å². The first kappa shape index (κ1) is 12.1. The summed E-state index contributed by atoms with van der Waals surface area (Å²) in [6.45, 7) is 0. The second kappa shape index (κ2) is 4.97. The fourth-order valence-corrected chi connectivity index (χ4v) is 2.01. The molecule has 3 aromatic rings. The average molecular weight is 265 g/mol. The quantitative estimate of drug-likeness (QED) is 0.576. The maximum absolute atomic E-state index is 11.0. The molecule has 20 heavy (non-hydrogen) atoms. The number of hydrogen-bond acceptors (Lipinski definition) is 4. The zero-order chi connectivity index (χ0) is 13.9. The first-order valence-corrected chi connectivity index (χ1v) is 6.10. The third kappa shape index (κ3) is 2.29. The molecule has 0 bridgehead atoms. The number of rotatable bonds is 3. The van der Waals surface area contributed by atoms with Crippen LogP contribution in [0.3, 0.4) is 0 Å². The van der Waals surface area contributed by atoms with Crippen molar-refractivity contribution in [1.29, 1.82) is 0 Å². The number of benzene rings is 2. The molecule has 0 fully saturated rings. The highest BCUT2D eigenvalue weighted by atomic mass is 16.6. The van der Waals surface area contributed by atoms with Crippen LogP contribution in [0.15, 0.2) is 60.7 Å². The maximum Gasteiger partial charge on any atom is 0.292 e. The molecule has 0 radical (unpaired) electrons. The summed E-state index contributed by atoms with van der Waals surface area (Å²) >= 11 is 0. The van der Waals surface area contributed by atoms with E-state index in [9.17, 15) is 10.1 Å². The van der Waals surface area contributed by atoms with E-state index in [0.29, 0.717) is 11.5 Å². The van der Waals surface area contributed by atoms with Crippen LogP contribution >= 0.6 is 0 Å². The van der Waals surface area contributed by atoms with Crippen molar-refractivity contribution in [2.75, 3.05) is 5.32 Å². The van der Waals surface area contributed by atoms with Crippen molar-refractivity contribution >= 4 is 28.1 Å². The van der Waals surface area contributed by atoms with E-state index in [2.05, 4.69) is 10.3 Å². The standard InChI is InChI=1S/C15H11N3O2/c19-18(20)14-8-4-3-7-13(14)17-15-10-9-11-5-1-2-6-12(11)16-15/h1-10H,(H,16,17). The third-order valence-electron chi connectivity index (χ3n) is 2.96. The van der Waals surface area contributed by atoms with Gasteiger partial charge in [0.2, 0.25) is 0 Å². The molecule has 1 heterocycles. The number of fused-ring (bicyclic) bond motifs is 1. The Morgan fingerprint density at radius 3 is 2.55 bits per heavy atom. The first-order chi connectivity index (χ1) is 9.74. The lowest BCUT2D eigenvalue weighted by Gasteiger charge is -2.07. The Bertz CT molecular complexity index is 787. The Labute approximate surface area is 115 Å². The zero-order valence-corrected chi connectivity index (χ0v) is 10.5. The minimum atomic E-state index is -0.413. The largest absolute Gasteiger partial charge is 0.335 e. The number of anilines is 2. The van der Waals surface area contributed by atoms with E-state index in [0.717, 1.165) is 10.9 Å². The van der Waals surface area contributed by atoms with Gasteiger partial charge in [0.15, 0.2) is 0 Å². The molecule has 5 heteroatoms. The van der Waals surface area contributed by atoms with Crippen LogP contribution in [0.5, 0.6) is 0 Å². The number of aromatic nitrogens is 1. The average Bonchev–Trinajstić information content (AvgIpc) is 2.47. The first-order valence-electron chi connectivity index (χ1n) is 6.10. The highest BCUT2D eigenvalue weighted by Gasteiger charge is 2.12. The second-order valence-electron chi connectivity index (χ2n) is 4.29. The van der Waals surface area contributed by atoms with Gasteiger partial charge in [0, 0.05) is 11.5 Å². The van der Waals surface area contributed by atoms with Crippen molar-refractivity contribution in [2.24, 2.45) is 0 Å². The van der Waals surface area contributed by atoms with Gasteiger partial charge in [-0.05, 0) is 24.3 Å². The van der Waals surface area contributed by atoms with Crippen LogP contribution in [0.2, 0.25) is 0 Å². The number of nitrogens with zero attached hydrogens (tertiary/aromatic N) is 2. The highest BCUT2D eigenvalue weighted by Crippen LogP contribution is 2.26. The molecule has 0 unspecified atom stereocenters. The number of nitro benzene ring substituents is 1. The van der Waals surface area contributed by atoms with Crippen molar-refractivity contribution in [3.05, 3.63) is 70.8 Å². The molecule has 0 aliphatic carbocycles. The van der Waals surface area contributed by atoms with E-state index in [1.54, 1.807) is 24.3 Å². The van der Waals surface area contributed by atoms with Crippen LogP contribution in [0.1, 0.15) is 0 Å². The molecule has 5 nitrogen and oxygen atoms in total. The summed E-state index contributed by atoms with van der Waals surface area (Å²) in [6, 6.07) is 18.0. The molecular formula is C15H11N3O2. The molecule has 0 aliphatic rings. The van der Waals surface area contributed by atoms with E-state index in [1.165, 1.54) is 6.07 Å². The van der Waals surface area contributed by atoms with E-state index < -0.39 is 4.92 Å². The van der Waals surface area contributed by atoms with Gasteiger partial charge in [0.1, 0.15) is 11.5 Å². The van der Waals surface area contributed by atoms with Crippen molar-refractivity contribution in [1.82, 2.24) is 4.98 Å². The molecule has 0 atom stereocenters. The topological polar surface area (TPSA) is 68.1 Å². The summed E-state index contributed by atoms with van der Waals surface area (Å²) in [4.78, 5) is 15.0. The molecule has 2 aromatic carbocycles. The maximum atomic E-state index is 11.0. The van der Waals surface area contributed by atoms with Gasteiger partial charge in [-0.15, -0.1) is 0 Å². The molecule has 0 spiro atoms. The summed E-state index contributed by atoms with van der Waals surface area (Å²) in [6.07, 6.45) is 0. The van der Waals surface area contributed by atoms with Crippen LogP contribution in [0, 0.1) is 10.1 Å². The summed E-state index contributed by atoms with van der Waals surface area (Å²) in [5, 5.41) is 15.0. The van der Waals surface area contributed by atoms with Crippen molar-refractivity contribution in [3.63, 3.8) is 0 Å².